The second-order valence-corrected chi connectivity index (χ2v) is 10.3. The van der Waals surface area contributed by atoms with E-state index < -0.39 is 5.97 Å². The Morgan fingerprint density at radius 2 is 1.44 bits per heavy atom. The summed E-state index contributed by atoms with van der Waals surface area (Å²) in [7, 11) is 0. The molecule has 0 saturated carbocycles. The molecule has 0 atom stereocenters. The van der Waals surface area contributed by atoms with Crippen LogP contribution in [0.2, 0.25) is 0 Å². The third kappa shape index (κ3) is 6.85. The van der Waals surface area contributed by atoms with Crippen molar-refractivity contribution >= 4 is 40.1 Å². The van der Waals surface area contributed by atoms with E-state index in [1.165, 1.54) is 0 Å². The zero-order valence-corrected chi connectivity index (χ0v) is 23.4. The molecule has 0 unspecified atom stereocenters. The second kappa shape index (κ2) is 12.6. The summed E-state index contributed by atoms with van der Waals surface area (Å²) in [6.07, 6.45) is 0.0946. The van der Waals surface area contributed by atoms with E-state index >= 15 is 0 Å². The first-order valence-corrected chi connectivity index (χ1v) is 13.9. The molecule has 0 aliphatic heterocycles. The first kappa shape index (κ1) is 27.7. The van der Waals surface area contributed by atoms with Gasteiger partial charge in [-0.05, 0) is 79.1 Å². The first-order chi connectivity index (χ1) is 19.9. The third-order valence-corrected chi connectivity index (χ3v) is 6.93. The standard InChI is InChI=1S/C33H28N2O5S/c1-21(2)40-27-15-10-24(11-16-27)32(36)28(31(33(37)38)25-12-17-29-30(19-25)35-41-34-29)18-22-8-13-26(14-9-22)39-20-23-6-4-3-5-7-23/h3-17,19,21H,18,20H2,1-2H3,(H,37,38)/b31-28+. The number of benzene rings is 4. The van der Waals surface area contributed by atoms with Crippen LogP contribution in [-0.4, -0.2) is 31.7 Å². The smallest absolute Gasteiger partial charge is 0.336 e. The molecule has 0 aliphatic rings. The minimum Gasteiger partial charge on any atom is -0.491 e. The van der Waals surface area contributed by atoms with E-state index in [2.05, 4.69) is 8.75 Å². The van der Waals surface area contributed by atoms with E-state index in [1.54, 1.807) is 42.5 Å². The lowest BCUT2D eigenvalue weighted by Crippen LogP contribution is -2.14. The SMILES string of the molecule is CC(C)Oc1ccc(C(=O)/C(Cc2ccc(OCc3ccccc3)cc2)=C(/C(=O)O)c2ccc3nsnc3c2)cc1. The van der Waals surface area contributed by atoms with Gasteiger partial charge in [0.1, 0.15) is 29.1 Å². The van der Waals surface area contributed by atoms with Crippen LogP contribution in [0.4, 0.5) is 0 Å². The van der Waals surface area contributed by atoms with Gasteiger partial charge in [-0.3, -0.25) is 4.79 Å². The van der Waals surface area contributed by atoms with E-state index in [0.717, 1.165) is 22.9 Å². The lowest BCUT2D eigenvalue weighted by atomic mass is 9.89. The normalized spacial score (nSPS) is 11.8. The van der Waals surface area contributed by atoms with Crippen molar-refractivity contribution in [1.29, 1.82) is 0 Å². The fourth-order valence-electron chi connectivity index (χ4n) is 4.43. The Labute approximate surface area is 242 Å². The Bertz CT molecular complexity index is 1690. The maximum absolute atomic E-state index is 13.9. The van der Waals surface area contributed by atoms with E-state index in [0.29, 0.717) is 40.3 Å². The van der Waals surface area contributed by atoms with Crippen molar-refractivity contribution in [1.82, 2.24) is 8.75 Å². The lowest BCUT2D eigenvalue weighted by molar-refractivity contribution is -0.130. The molecule has 0 bridgehead atoms. The van der Waals surface area contributed by atoms with Gasteiger partial charge in [0.25, 0.3) is 0 Å². The number of ketones is 1. The van der Waals surface area contributed by atoms with Crippen molar-refractivity contribution in [3.63, 3.8) is 0 Å². The van der Waals surface area contributed by atoms with Crippen LogP contribution in [0.5, 0.6) is 11.5 Å². The van der Waals surface area contributed by atoms with Crippen molar-refractivity contribution in [2.75, 3.05) is 0 Å². The number of rotatable bonds is 11. The van der Waals surface area contributed by atoms with E-state index in [4.69, 9.17) is 9.47 Å². The van der Waals surface area contributed by atoms with E-state index in [-0.39, 0.29) is 29.5 Å². The summed E-state index contributed by atoms with van der Waals surface area (Å²) in [6, 6.07) is 29.0. The highest BCUT2D eigenvalue weighted by Crippen LogP contribution is 2.29. The van der Waals surface area contributed by atoms with Crippen molar-refractivity contribution in [2.24, 2.45) is 0 Å². The van der Waals surface area contributed by atoms with E-state index in [9.17, 15) is 14.7 Å². The van der Waals surface area contributed by atoms with Crippen LogP contribution in [0.25, 0.3) is 16.6 Å². The minimum atomic E-state index is -1.20. The Kier molecular flexibility index (Phi) is 8.50. The predicted molar refractivity (Wildman–Crippen MR) is 159 cm³/mol. The number of Topliss-reactive ketones (excluding diaryl/α,β-unsaturated/α-hetero) is 1. The Balaban J connectivity index is 1.49. The maximum atomic E-state index is 13.9. The molecule has 0 amide bonds. The molecular formula is C33H28N2O5S. The summed E-state index contributed by atoms with van der Waals surface area (Å²) < 4.78 is 20.1. The molecule has 5 rings (SSSR count). The molecule has 41 heavy (non-hydrogen) atoms. The number of fused-ring (bicyclic) bond motifs is 1. The van der Waals surface area contributed by atoms with Gasteiger partial charge >= 0.3 is 5.97 Å². The van der Waals surface area contributed by atoms with Gasteiger partial charge in [0.05, 0.1) is 23.4 Å². The van der Waals surface area contributed by atoms with Crippen LogP contribution in [0, 0.1) is 0 Å². The number of carbonyl (C=O) groups is 2. The van der Waals surface area contributed by atoms with Crippen molar-refractivity contribution in [3.8, 4) is 11.5 Å². The number of aliphatic carboxylic acids is 1. The molecule has 0 fully saturated rings. The molecule has 0 saturated heterocycles. The van der Waals surface area contributed by atoms with Crippen LogP contribution in [0.3, 0.4) is 0 Å². The number of carboxylic acid groups (broad SMARTS) is 1. The van der Waals surface area contributed by atoms with Crippen LogP contribution in [-0.2, 0) is 17.8 Å². The zero-order valence-electron chi connectivity index (χ0n) is 22.6. The summed E-state index contributed by atoms with van der Waals surface area (Å²) in [4.78, 5) is 26.6. The van der Waals surface area contributed by atoms with Gasteiger partial charge < -0.3 is 14.6 Å². The Hall–Kier alpha value is -4.82. The largest absolute Gasteiger partial charge is 0.491 e. The number of nitrogens with zero attached hydrogens (tertiary/aromatic N) is 2. The zero-order chi connectivity index (χ0) is 28.8. The molecule has 7 nitrogen and oxygen atoms in total. The van der Waals surface area contributed by atoms with Gasteiger partial charge in [-0.25, -0.2) is 4.79 Å². The molecule has 1 heterocycles. The molecule has 4 aromatic carbocycles. The van der Waals surface area contributed by atoms with E-state index in [1.807, 2.05) is 68.4 Å². The highest BCUT2D eigenvalue weighted by atomic mass is 32.1. The van der Waals surface area contributed by atoms with Crippen LogP contribution in [0.1, 0.15) is 40.9 Å². The fourth-order valence-corrected chi connectivity index (χ4v) is 4.94. The highest BCUT2D eigenvalue weighted by molar-refractivity contribution is 7.00. The van der Waals surface area contributed by atoms with Gasteiger partial charge in [-0.2, -0.15) is 8.75 Å². The average Bonchev–Trinajstić information content (AvgIpc) is 3.45. The second-order valence-electron chi connectivity index (χ2n) is 9.74. The third-order valence-electron chi connectivity index (χ3n) is 6.37. The number of carbonyl (C=O) groups excluding carboxylic acids is 1. The van der Waals surface area contributed by atoms with Crippen molar-refractivity contribution in [3.05, 3.63) is 125 Å². The minimum absolute atomic E-state index is 0.0135. The monoisotopic (exact) mass is 564 g/mol. The average molecular weight is 565 g/mol. The number of hydrogen-bond acceptors (Lipinski definition) is 7. The number of carboxylic acids is 1. The van der Waals surface area contributed by atoms with Gasteiger partial charge in [0.2, 0.25) is 0 Å². The molecule has 0 aliphatic carbocycles. The highest BCUT2D eigenvalue weighted by Gasteiger charge is 2.24. The molecule has 8 heteroatoms. The van der Waals surface area contributed by atoms with Crippen molar-refractivity contribution < 1.29 is 24.2 Å². The van der Waals surface area contributed by atoms with Crippen LogP contribution < -0.4 is 9.47 Å². The quantitative estimate of drug-likeness (QED) is 0.136. The number of allylic oxidation sites excluding steroid dienone is 1. The Morgan fingerprint density at radius 3 is 2.12 bits per heavy atom. The summed E-state index contributed by atoms with van der Waals surface area (Å²) in [5, 5.41) is 10.4. The Morgan fingerprint density at radius 1 is 0.780 bits per heavy atom. The van der Waals surface area contributed by atoms with Gasteiger partial charge in [-0.1, -0.05) is 48.5 Å². The predicted octanol–water partition coefficient (Wildman–Crippen LogP) is 7.02. The molecule has 206 valence electrons. The molecule has 0 spiro atoms. The number of aromatic nitrogens is 2. The van der Waals surface area contributed by atoms with Gasteiger partial charge in [0, 0.05) is 17.6 Å². The van der Waals surface area contributed by atoms with Gasteiger partial charge in [0.15, 0.2) is 5.78 Å². The molecule has 5 aromatic rings. The van der Waals surface area contributed by atoms with Crippen LogP contribution >= 0.6 is 11.7 Å². The molecule has 1 N–H and O–H groups in total. The molecular weight excluding hydrogens is 536 g/mol. The maximum Gasteiger partial charge on any atom is 0.336 e. The van der Waals surface area contributed by atoms with Gasteiger partial charge in [-0.15, -0.1) is 0 Å². The van der Waals surface area contributed by atoms with Crippen LogP contribution in [0.15, 0.2) is 103 Å². The number of ether oxygens (including phenoxy) is 2. The first-order valence-electron chi connectivity index (χ1n) is 13.1. The molecule has 0 radical (unpaired) electrons. The topological polar surface area (TPSA) is 98.6 Å². The fraction of sp³-hybridized carbons (Fsp3) is 0.152. The summed E-state index contributed by atoms with van der Waals surface area (Å²) in [6.45, 7) is 4.27. The molecule has 1 aromatic heterocycles. The summed E-state index contributed by atoms with van der Waals surface area (Å²) in [5.74, 6) is -0.263. The summed E-state index contributed by atoms with van der Waals surface area (Å²) >= 11 is 1.05. The van der Waals surface area contributed by atoms with Crippen molar-refractivity contribution in [2.45, 2.75) is 33.0 Å². The lowest BCUT2D eigenvalue weighted by Gasteiger charge is -2.14. The summed E-state index contributed by atoms with van der Waals surface area (Å²) in [5.41, 5.74) is 3.92. The number of hydrogen-bond donors (Lipinski definition) is 1.